The molecule has 1 aliphatic heterocycles. The van der Waals surface area contributed by atoms with Crippen LogP contribution >= 0.6 is 0 Å². The lowest BCUT2D eigenvalue weighted by molar-refractivity contribution is -0.127. The summed E-state index contributed by atoms with van der Waals surface area (Å²) in [5.41, 5.74) is 1.37. The number of nitrogens with one attached hydrogen (secondary N) is 1. The minimum Gasteiger partial charge on any atom is -0.353 e. The van der Waals surface area contributed by atoms with Crippen molar-refractivity contribution >= 4 is 16.7 Å². The molecule has 1 N–H and O–H groups in total. The molecule has 1 aliphatic carbocycles. The number of likely N-dealkylation sites (tertiary alicyclic amines) is 1. The predicted octanol–water partition coefficient (Wildman–Crippen LogP) is 4.11. The van der Waals surface area contributed by atoms with Gasteiger partial charge in [-0.1, -0.05) is 55.3 Å². The highest BCUT2D eigenvalue weighted by Crippen LogP contribution is 2.24. The molecule has 2 aromatic rings. The van der Waals surface area contributed by atoms with Crippen LogP contribution in [-0.2, 0) is 11.3 Å². The SMILES string of the molecule is O=C(NC1CCCC1)C1CCCN(Cc2cccc3ccccc23)C1. The highest BCUT2D eigenvalue weighted by Gasteiger charge is 2.28. The number of benzene rings is 2. The van der Waals surface area contributed by atoms with Gasteiger partial charge >= 0.3 is 0 Å². The largest absolute Gasteiger partial charge is 0.353 e. The second-order valence-electron chi connectivity index (χ2n) is 7.70. The Morgan fingerprint density at radius 1 is 1.00 bits per heavy atom. The van der Waals surface area contributed by atoms with E-state index in [1.807, 2.05) is 0 Å². The van der Waals surface area contributed by atoms with E-state index < -0.39 is 0 Å². The Hall–Kier alpha value is -1.87. The van der Waals surface area contributed by atoms with Crippen LogP contribution in [0.2, 0.25) is 0 Å². The molecule has 1 atom stereocenters. The third kappa shape index (κ3) is 3.87. The number of fused-ring (bicyclic) bond motifs is 1. The van der Waals surface area contributed by atoms with Crippen molar-refractivity contribution in [1.82, 2.24) is 10.2 Å². The van der Waals surface area contributed by atoms with Crippen molar-refractivity contribution in [3.8, 4) is 0 Å². The van der Waals surface area contributed by atoms with Crippen LogP contribution in [0, 0.1) is 5.92 Å². The van der Waals surface area contributed by atoms with Crippen LogP contribution in [0.4, 0.5) is 0 Å². The molecule has 3 nitrogen and oxygen atoms in total. The highest BCUT2D eigenvalue weighted by atomic mass is 16.2. The average Bonchev–Trinajstić information content (AvgIpc) is 3.15. The summed E-state index contributed by atoms with van der Waals surface area (Å²) in [6, 6.07) is 15.6. The van der Waals surface area contributed by atoms with Crippen LogP contribution in [0.25, 0.3) is 10.8 Å². The Balaban J connectivity index is 1.41. The van der Waals surface area contributed by atoms with Crippen molar-refractivity contribution in [2.75, 3.05) is 13.1 Å². The fourth-order valence-corrected chi connectivity index (χ4v) is 4.47. The van der Waals surface area contributed by atoms with Gasteiger partial charge in [0.15, 0.2) is 0 Å². The molecule has 132 valence electrons. The first-order valence-corrected chi connectivity index (χ1v) is 9.79. The Bertz CT molecular complexity index is 730. The van der Waals surface area contributed by atoms with Gasteiger partial charge in [0.05, 0.1) is 5.92 Å². The molecule has 0 radical (unpaired) electrons. The molecule has 1 saturated heterocycles. The van der Waals surface area contributed by atoms with E-state index in [1.165, 1.54) is 29.2 Å². The van der Waals surface area contributed by atoms with Crippen molar-refractivity contribution in [2.24, 2.45) is 5.92 Å². The van der Waals surface area contributed by atoms with Gasteiger partial charge in [0.25, 0.3) is 0 Å². The fourth-order valence-electron chi connectivity index (χ4n) is 4.47. The first kappa shape index (κ1) is 16.6. The zero-order valence-corrected chi connectivity index (χ0v) is 14.9. The summed E-state index contributed by atoms with van der Waals surface area (Å²) >= 11 is 0. The molecule has 0 aromatic heterocycles. The third-order valence-electron chi connectivity index (χ3n) is 5.85. The van der Waals surface area contributed by atoms with Gasteiger partial charge in [-0.15, -0.1) is 0 Å². The number of carbonyl (C=O) groups excluding carboxylic acids is 1. The summed E-state index contributed by atoms with van der Waals surface area (Å²) in [5.74, 6) is 0.443. The second-order valence-corrected chi connectivity index (χ2v) is 7.70. The maximum absolute atomic E-state index is 12.6. The molecule has 4 rings (SSSR count). The maximum Gasteiger partial charge on any atom is 0.224 e. The lowest BCUT2D eigenvalue weighted by atomic mass is 9.95. The van der Waals surface area contributed by atoms with Crippen molar-refractivity contribution in [1.29, 1.82) is 0 Å². The van der Waals surface area contributed by atoms with Gasteiger partial charge in [0.1, 0.15) is 0 Å². The molecule has 3 heteroatoms. The summed E-state index contributed by atoms with van der Waals surface area (Å²) < 4.78 is 0. The van der Waals surface area contributed by atoms with E-state index >= 15 is 0 Å². The van der Waals surface area contributed by atoms with E-state index in [0.717, 1.165) is 45.3 Å². The molecule has 1 saturated carbocycles. The van der Waals surface area contributed by atoms with Crippen LogP contribution in [-0.4, -0.2) is 29.9 Å². The van der Waals surface area contributed by atoms with Crippen LogP contribution in [0.3, 0.4) is 0 Å². The molecule has 25 heavy (non-hydrogen) atoms. The normalized spacial score (nSPS) is 22.3. The first-order valence-electron chi connectivity index (χ1n) is 9.79. The van der Waals surface area contributed by atoms with Gasteiger partial charge in [-0.2, -0.15) is 0 Å². The number of piperidine rings is 1. The maximum atomic E-state index is 12.6. The summed E-state index contributed by atoms with van der Waals surface area (Å²) in [6.07, 6.45) is 7.01. The predicted molar refractivity (Wildman–Crippen MR) is 102 cm³/mol. The van der Waals surface area contributed by atoms with Crippen LogP contribution in [0.1, 0.15) is 44.1 Å². The van der Waals surface area contributed by atoms with Gasteiger partial charge < -0.3 is 5.32 Å². The Kier molecular flexibility index (Phi) is 5.02. The average molecular weight is 336 g/mol. The molecule has 1 heterocycles. The Morgan fingerprint density at radius 2 is 1.80 bits per heavy atom. The second kappa shape index (κ2) is 7.57. The van der Waals surface area contributed by atoms with Crippen LogP contribution in [0.5, 0.6) is 0 Å². The monoisotopic (exact) mass is 336 g/mol. The lowest BCUT2D eigenvalue weighted by Gasteiger charge is -2.32. The van der Waals surface area contributed by atoms with E-state index in [1.54, 1.807) is 0 Å². The van der Waals surface area contributed by atoms with Crippen molar-refractivity contribution in [2.45, 2.75) is 51.1 Å². The molecule has 2 aliphatic rings. The smallest absolute Gasteiger partial charge is 0.224 e. The summed E-state index contributed by atoms with van der Waals surface area (Å²) in [7, 11) is 0. The van der Waals surface area contributed by atoms with E-state index in [0.29, 0.717) is 6.04 Å². The van der Waals surface area contributed by atoms with Crippen molar-refractivity contribution in [3.05, 3.63) is 48.0 Å². The fraction of sp³-hybridized carbons (Fsp3) is 0.500. The van der Waals surface area contributed by atoms with Gasteiger partial charge in [0, 0.05) is 19.1 Å². The topological polar surface area (TPSA) is 32.3 Å². The Morgan fingerprint density at radius 3 is 2.68 bits per heavy atom. The van der Waals surface area contributed by atoms with Crippen molar-refractivity contribution in [3.63, 3.8) is 0 Å². The Labute approximate surface area is 150 Å². The lowest BCUT2D eigenvalue weighted by Crippen LogP contribution is -2.45. The van der Waals surface area contributed by atoms with E-state index in [2.05, 4.69) is 52.7 Å². The number of amides is 1. The molecule has 0 spiro atoms. The summed E-state index contributed by atoms with van der Waals surface area (Å²) in [6.45, 7) is 2.92. The zero-order valence-electron chi connectivity index (χ0n) is 14.9. The number of hydrogen-bond donors (Lipinski definition) is 1. The molecular formula is C22H28N2O. The number of carbonyl (C=O) groups is 1. The molecular weight excluding hydrogens is 308 g/mol. The minimum atomic E-state index is 0.157. The highest BCUT2D eigenvalue weighted by molar-refractivity contribution is 5.85. The van der Waals surface area contributed by atoms with Gasteiger partial charge in [0.2, 0.25) is 5.91 Å². The van der Waals surface area contributed by atoms with Gasteiger partial charge in [-0.05, 0) is 48.6 Å². The van der Waals surface area contributed by atoms with Crippen molar-refractivity contribution < 1.29 is 4.79 Å². The molecule has 1 amide bonds. The number of hydrogen-bond acceptors (Lipinski definition) is 2. The minimum absolute atomic E-state index is 0.157. The number of rotatable bonds is 4. The quantitative estimate of drug-likeness (QED) is 0.911. The van der Waals surface area contributed by atoms with Crippen LogP contribution < -0.4 is 5.32 Å². The van der Waals surface area contributed by atoms with E-state index in [-0.39, 0.29) is 11.8 Å². The third-order valence-corrected chi connectivity index (χ3v) is 5.85. The summed E-state index contributed by atoms with van der Waals surface area (Å²) in [4.78, 5) is 15.1. The molecule has 2 aromatic carbocycles. The summed E-state index contributed by atoms with van der Waals surface area (Å²) in [5, 5.41) is 5.93. The molecule has 2 fully saturated rings. The van der Waals surface area contributed by atoms with E-state index in [4.69, 9.17) is 0 Å². The standard InChI is InChI=1S/C22H28N2O/c25-22(23-20-11-2-3-12-20)19-10-6-14-24(16-19)15-18-9-5-8-17-7-1-4-13-21(17)18/h1,4-5,7-9,13,19-20H,2-3,6,10-12,14-16H2,(H,23,25). The molecule has 1 unspecified atom stereocenters. The zero-order chi connectivity index (χ0) is 17.1. The molecule has 0 bridgehead atoms. The van der Waals surface area contributed by atoms with Gasteiger partial charge in [-0.25, -0.2) is 0 Å². The van der Waals surface area contributed by atoms with Gasteiger partial charge in [-0.3, -0.25) is 9.69 Å². The number of nitrogens with zero attached hydrogens (tertiary/aromatic N) is 1. The first-order chi connectivity index (χ1) is 12.3. The van der Waals surface area contributed by atoms with E-state index in [9.17, 15) is 4.79 Å². The van der Waals surface area contributed by atoms with Crippen LogP contribution in [0.15, 0.2) is 42.5 Å².